The van der Waals surface area contributed by atoms with Gasteiger partial charge < -0.3 is 9.80 Å². The first kappa shape index (κ1) is 17.4. The molecular weight excluding hydrogens is 338 g/mol. The van der Waals surface area contributed by atoms with Gasteiger partial charge in [0.2, 0.25) is 5.91 Å². The quantitative estimate of drug-likeness (QED) is 0.845. The summed E-state index contributed by atoms with van der Waals surface area (Å²) in [6, 6.07) is 11.0. The van der Waals surface area contributed by atoms with Gasteiger partial charge in [-0.1, -0.05) is 23.7 Å². The van der Waals surface area contributed by atoms with Crippen molar-refractivity contribution < 1.29 is 9.59 Å². The Kier molecular flexibility index (Phi) is 5.66. The van der Waals surface area contributed by atoms with Gasteiger partial charge in [-0.05, 0) is 36.2 Å². The van der Waals surface area contributed by atoms with E-state index in [9.17, 15) is 9.59 Å². The second kappa shape index (κ2) is 8.12. The van der Waals surface area contributed by atoms with E-state index in [2.05, 4.69) is 4.98 Å². The number of rotatable bonds is 4. The molecule has 1 aromatic carbocycles. The summed E-state index contributed by atoms with van der Waals surface area (Å²) in [4.78, 5) is 32.3. The van der Waals surface area contributed by atoms with Crippen molar-refractivity contribution in [3.8, 4) is 0 Å². The number of aromatic nitrogens is 1. The monoisotopic (exact) mass is 357 g/mol. The Morgan fingerprint density at radius 3 is 2.36 bits per heavy atom. The average Bonchev–Trinajstić information content (AvgIpc) is 2.66. The van der Waals surface area contributed by atoms with Crippen molar-refractivity contribution in [2.75, 3.05) is 26.2 Å². The highest BCUT2D eigenvalue weighted by atomic mass is 35.5. The van der Waals surface area contributed by atoms with Crippen LogP contribution in [-0.4, -0.2) is 52.8 Å². The van der Waals surface area contributed by atoms with Crippen LogP contribution in [0.4, 0.5) is 0 Å². The van der Waals surface area contributed by atoms with Crippen LogP contribution in [0.3, 0.4) is 0 Å². The molecule has 0 unspecified atom stereocenters. The molecule has 6 heteroatoms. The van der Waals surface area contributed by atoms with Gasteiger partial charge in [0.15, 0.2) is 0 Å². The zero-order valence-corrected chi connectivity index (χ0v) is 14.7. The molecule has 1 saturated heterocycles. The van der Waals surface area contributed by atoms with E-state index in [4.69, 9.17) is 11.6 Å². The Morgan fingerprint density at radius 2 is 1.68 bits per heavy atom. The molecule has 5 nitrogen and oxygen atoms in total. The molecule has 0 atom stereocenters. The predicted octanol–water partition coefficient (Wildman–Crippen LogP) is 2.65. The molecule has 0 aliphatic carbocycles. The van der Waals surface area contributed by atoms with Gasteiger partial charge in [0.25, 0.3) is 5.91 Å². The summed E-state index contributed by atoms with van der Waals surface area (Å²) in [5.41, 5.74) is 1.70. The van der Waals surface area contributed by atoms with Gasteiger partial charge in [-0.2, -0.15) is 0 Å². The SMILES string of the molecule is O=C(CCc1cccc(Cl)c1)N1CCN(C(=O)c2ccncc2)CC1. The van der Waals surface area contributed by atoms with Crippen LogP contribution in [0.2, 0.25) is 5.02 Å². The topological polar surface area (TPSA) is 53.5 Å². The summed E-state index contributed by atoms with van der Waals surface area (Å²) in [5.74, 6) is 0.115. The Labute approximate surface area is 152 Å². The minimum Gasteiger partial charge on any atom is -0.339 e. The number of carbonyl (C=O) groups excluding carboxylic acids is 2. The number of amides is 2. The normalized spacial score (nSPS) is 14.4. The summed E-state index contributed by atoms with van der Waals surface area (Å²) in [6.07, 6.45) is 4.36. The second-order valence-corrected chi connectivity index (χ2v) is 6.48. The lowest BCUT2D eigenvalue weighted by Gasteiger charge is -2.35. The van der Waals surface area contributed by atoms with Gasteiger partial charge in [0.05, 0.1) is 0 Å². The van der Waals surface area contributed by atoms with Gasteiger partial charge in [-0.3, -0.25) is 14.6 Å². The largest absolute Gasteiger partial charge is 0.339 e. The van der Waals surface area contributed by atoms with Crippen molar-refractivity contribution in [3.63, 3.8) is 0 Å². The summed E-state index contributed by atoms with van der Waals surface area (Å²) >= 11 is 5.97. The highest BCUT2D eigenvalue weighted by Gasteiger charge is 2.24. The molecule has 0 saturated carbocycles. The number of hydrogen-bond donors (Lipinski definition) is 0. The second-order valence-electron chi connectivity index (χ2n) is 6.04. The van der Waals surface area contributed by atoms with Crippen molar-refractivity contribution in [2.24, 2.45) is 0 Å². The minimum absolute atomic E-state index is 0.00609. The van der Waals surface area contributed by atoms with Crippen molar-refractivity contribution in [2.45, 2.75) is 12.8 Å². The molecule has 1 aliphatic rings. The van der Waals surface area contributed by atoms with Gasteiger partial charge in [-0.25, -0.2) is 0 Å². The zero-order chi connectivity index (χ0) is 17.6. The van der Waals surface area contributed by atoms with Gasteiger partial charge in [0.1, 0.15) is 0 Å². The molecular formula is C19H20ClN3O2. The number of halogens is 1. The molecule has 0 bridgehead atoms. The lowest BCUT2D eigenvalue weighted by molar-refractivity contribution is -0.132. The maximum atomic E-state index is 12.4. The Bertz CT molecular complexity index is 743. The van der Waals surface area contributed by atoms with Crippen molar-refractivity contribution in [1.29, 1.82) is 0 Å². The molecule has 25 heavy (non-hydrogen) atoms. The van der Waals surface area contributed by atoms with Crippen LogP contribution in [-0.2, 0) is 11.2 Å². The van der Waals surface area contributed by atoms with Crippen LogP contribution in [0.15, 0.2) is 48.8 Å². The molecule has 2 amide bonds. The Morgan fingerprint density at radius 1 is 1.00 bits per heavy atom. The van der Waals surface area contributed by atoms with E-state index in [1.165, 1.54) is 0 Å². The van der Waals surface area contributed by atoms with Crippen LogP contribution in [0, 0.1) is 0 Å². The molecule has 130 valence electrons. The third kappa shape index (κ3) is 4.57. The Balaban J connectivity index is 1.48. The van der Waals surface area contributed by atoms with Gasteiger partial charge in [-0.15, -0.1) is 0 Å². The van der Waals surface area contributed by atoms with Gasteiger partial charge >= 0.3 is 0 Å². The molecule has 0 spiro atoms. The number of piperazine rings is 1. The molecule has 0 radical (unpaired) electrons. The number of carbonyl (C=O) groups is 2. The first-order valence-corrected chi connectivity index (χ1v) is 8.73. The van der Waals surface area contributed by atoms with Crippen molar-refractivity contribution in [1.82, 2.24) is 14.8 Å². The summed E-state index contributed by atoms with van der Waals surface area (Å²) in [7, 11) is 0. The van der Waals surface area contributed by atoms with E-state index in [-0.39, 0.29) is 11.8 Å². The number of benzene rings is 1. The van der Waals surface area contributed by atoms with E-state index in [0.717, 1.165) is 5.56 Å². The van der Waals surface area contributed by atoms with Crippen LogP contribution >= 0.6 is 11.6 Å². The van der Waals surface area contributed by atoms with E-state index < -0.39 is 0 Å². The fraction of sp³-hybridized carbons (Fsp3) is 0.316. The highest BCUT2D eigenvalue weighted by molar-refractivity contribution is 6.30. The molecule has 0 N–H and O–H groups in total. The third-order valence-electron chi connectivity index (χ3n) is 4.36. The maximum Gasteiger partial charge on any atom is 0.254 e. The average molecular weight is 358 g/mol. The minimum atomic E-state index is -0.00609. The number of pyridine rings is 1. The fourth-order valence-corrected chi connectivity index (χ4v) is 3.15. The first-order valence-electron chi connectivity index (χ1n) is 8.35. The summed E-state index contributed by atoms with van der Waals surface area (Å²) in [6.45, 7) is 2.27. The molecule has 1 fully saturated rings. The van der Waals surface area contributed by atoms with Crippen molar-refractivity contribution >= 4 is 23.4 Å². The predicted molar refractivity (Wildman–Crippen MR) is 96.5 cm³/mol. The molecule has 1 aliphatic heterocycles. The van der Waals surface area contributed by atoms with Crippen LogP contribution < -0.4 is 0 Å². The van der Waals surface area contributed by atoms with Crippen LogP contribution in [0.25, 0.3) is 0 Å². The zero-order valence-electron chi connectivity index (χ0n) is 13.9. The molecule has 1 aromatic heterocycles. The van der Waals surface area contributed by atoms with E-state index in [1.54, 1.807) is 29.4 Å². The smallest absolute Gasteiger partial charge is 0.254 e. The first-order chi connectivity index (χ1) is 12.1. The molecule has 2 aromatic rings. The highest BCUT2D eigenvalue weighted by Crippen LogP contribution is 2.14. The molecule has 3 rings (SSSR count). The van der Waals surface area contributed by atoms with E-state index in [1.807, 2.05) is 29.2 Å². The molecule has 2 heterocycles. The van der Waals surface area contributed by atoms with E-state index >= 15 is 0 Å². The Hall–Kier alpha value is -2.40. The van der Waals surface area contributed by atoms with Crippen molar-refractivity contribution in [3.05, 3.63) is 64.9 Å². The number of aryl methyl sites for hydroxylation is 1. The van der Waals surface area contributed by atoms with Crippen LogP contribution in [0.5, 0.6) is 0 Å². The standard InChI is InChI=1S/C19H20ClN3O2/c20-17-3-1-2-15(14-17)4-5-18(24)22-10-12-23(13-11-22)19(25)16-6-8-21-9-7-16/h1-3,6-9,14H,4-5,10-13H2. The lowest BCUT2D eigenvalue weighted by Crippen LogP contribution is -2.50. The van der Waals surface area contributed by atoms with Crippen LogP contribution in [0.1, 0.15) is 22.3 Å². The third-order valence-corrected chi connectivity index (χ3v) is 4.60. The van der Waals surface area contributed by atoms with E-state index in [0.29, 0.717) is 49.6 Å². The lowest BCUT2D eigenvalue weighted by atomic mass is 10.1. The fourth-order valence-electron chi connectivity index (χ4n) is 2.94. The number of hydrogen-bond acceptors (Lipinski definition) is 3. The van der Waals surface area contributed by atoms with Gasteiger partial charge in [0, 0.05) is 55.6 Å². The summed E-state index contributed by atoms with van der Waals surface area (Å²) in [5, 5.41) is 0.688. The number of nitrogens with zero attached hydrogens (tertiary/aromatic N) is 3. The summed E-state index contributed by atoms with van der Waals surface area (Å²) < 4.78 is 0. The maximum absolute atomic E-state index is 12.4.